The molecule has 0 fully saturated rings. The predicted molar refractivity (Wildman–Crippen MR) is 120 cm³/mol. The molecule has 5 nitrogen and oxygen atoms in total. The average Bonchev–Trinajstić information content (AvgIpc) is 3.25. The molecule has 1 aliphatic heterocycles. The number of nitrogens with zero attached hydrogens (tertiary/aromatic N) is 1. The van der Waals surface area contributed by atoms with Crippen molar-refractivity contribution in [3.63, 3.8) is 0 Å². The maximum atomic E-state index is 13.0. The molecule has 1 N–H and O–H groups in total. The van der Waals surface area contributed by atoms with Gasteiger partial charge >= 0.3 is 5.97 Å². The molecule has 8 heteroatoms. The van der Waals surface area contributed by atoms with E-state index in [1.165, 1.54) is 22.7 Å². The van der Waals surface area contributed by atoms with Gasteiger partial charge in [0.2, 0.25) is 0 Å². The van der Waals surface area contributed by atoms with E-state index in [2.05, 4.69) is 17.1 Å². The molecule has 0 unspecified atom stereocenters. The largest absolute Gasteiger partial charge is 0.462 e. The molecule has 1 amide bonds. The Kier molecular flexibility index (Phi) is 5.92. The third-order valence-corrected chi connectivity index (χ3v) is 7.84. The van der Waals surface area contributed by atoms with Gasteiger partial charge in [0, 0.05) is 28.1 Å². The molecular weight excluding hydrogens is 428 g/mol. The lowest BCUT2D eigenvalue weighted by molar-refractivity contribution is 0.0526. The fourth-order valence-corrected chi connectivity index (χ4v) is 6.24. The van der Waals surface area contributed by atoms with Gasteiger partial charge in [-0.3, -0.25) is 9.69 Å². The molecule has 3 heterocycles. The summed E-state index contributed by atoms with van der Waals surface area (Å²) in [7, 11) is 0. The quantitative estimate of drug-likeness (QED) is 0.529. The first-order chi connectivity index (χ1) is 14.0. The second-order valence-electron chi connectivity index (χ2n) is 6.74. The lowest BCUT2D eigenvalue weighted by Crippen LogP contribution is -2.30. The van der Waals surface area contributed by atoms with Crippen LogP contribution in [0, 0.1) is 0 Å². The summed E-state index contributed by atoms with van der Waals surface area (Å²) in [6.45, 7) is 6.82. The van der Waals surface area contributed by atoms with Gasteiger partial charge in [0.15, 0.2) is 0 Å². The van der Waals surface area contributed by atoms with Crippen LogP contribution in [0.4, 0.5) is 5.00 Å². The number of carbonyl (C=O) groups is 2. The van der Waals surface area contributed by atoms with Crippen molar-refractivity contribution < 1.29 is 14.3 Å². The van der Waals surface area contributed by atoms with E-state index >= 15 is 0 Å². The Labute approximate surface area is 182 Å². The fourth-order valence-electron chi connectivity index (χ4n) is 3.55. The minimum atomic E-state index is -0.382. The molecule has 0 bridgehead atoms. The number of esters is 1. The molecule has 152 valence electrons. The van der Waals surface area contributed by atoms with Crippen LogP contribution in [0.15, 0.2) is 24.3 Å². The Morgan fingerprint density at radius 2 is 2.03 bits per heavy atom. The third kappa shape index (κ3) is 3.80. The molecule has 0 atom stereocenters. The van der Waals surface area contributed by atoms with E-state index < -0.39 is 0 Å². The zero-order chi connectivity index (χ0) is 20.5. The standard InChI is InChI=1S/C21H21ClN2O3S2/c1-3-24-10-9-12-15(11-24)29-20(16(12)21(26)27-4-2)23-19(25)18-17(22)13-7-5-6-8-14(13)28-18/h5-8H,3-4,9-11H2,1-2H3,(H,23,25). The predicted octanol–water partition coefficient (Wildman–Crippen LogP) is 5.42. The van der Waals surface area contributed by atoms with Gasteiger partial charge in [-0.15, -0.1) is 22.7 Å². The van der Waals surface area contributed by atoms with Crippen molar-refractivity contribution in [3.8, 4) is 0 Å². The first-order valence-corrected chi connectivity index (χ1v) is 11.6. The zero-order valence-electron chi connectivity index (χ0n) is 16.2. The van der Waals surface area contributed by atoms with E-state index in [1.807, 2.05) is 24.3 Å². The van der Waals surface area contributed by atoms with E-state index in [0.29, 0.717) is 27.1 Å². The molecule has 3 aromatic rings. The van der Waals surface area contributed by atoms with Crippen molar-refractivity contribution in [1.82, 2.24) is 4.90 Å². The molecule has 4 rings (SSSR count). The maximum Gasteiger partial charge on any atom is 0.341 e. The fraction of sp³-hybridized carbons (Fsp3) is 0.333. The summed E-state index contributed by atoms with van der Waals surface area (Å²) in [6.07, 6.45) is 0.771. The molecule has 0 aliphatic carbocycles. The van der Waals surface area contributed by atoms with Crippen molar-refractivity contribution in [3.05, 3.63) is 50.2 Å². The van der Waals surface area contributed by atoms with E-state index in [0.717, 1.165) is 46.6 Å². The number of halogens is 1. The maximum absolute atomic E-state index is 13.0. The Bertz CT molecular complexity index is 1090. The number of anilines is 1. The highest BCUT2D eigenvalue weighted by molar-refractivity contribution is 7.22. The van der Waals surface area contributed by atoms with Gasteiger partial charge in [0.25, 0.3) is 5.91 Å². The zero-order valence-corrected chi connectivity index (χ0v) is 18.6. The van der Waals surface area contributed by atoms with Crippen LogP contribution in [0.2, 0.25) is 5.02 Å². The topological polar surface area (TPSA) is 58.6 Å². The van der Waals surface area contributed by atoms with Crippen LogP contribution in [-0.4, -0.2) is 36.5 Å². The number of hydrogen-bond donors (Lipinski definition) is 1. The van der Waals surface area contributed by atoms with Gasteiger partial charge in [0.1, 0.15) is 9.88 Å². The van der Waals surface area contributed by atoms with E-state index in [9.17, 15) is 9.59 Å². The van der Waals surface area contributed by atoms with Crippen LogP contribution >= 0.6 is 34.3 Å². The number of nitrogens with one attached hydrogen (secondary N) is 1. The van der Waals surface area contributed by atoms with Gasteiger partial charge < -0.3 is 10.1 Å². The van der Waals surface area contributed by atoms with E-state index in [-0.39, 0.29) is 11.9 Å². The Morgan fingerprint density at radius 1 is 1.24 bits per heavy atom. The SMILES string of the molecule is CCOC(=O)c1c(NC(=O)c2sc3ccccc3c2Cl)sc2c1CCN(CC)C2. The van der Waals surface area contributed by atoms with Gasteiger partial charge in [-0.25, -0.2) is 4.79 Å². The number of ether oxygens (including phenoxy) is 1. The number of rotatable bonds is 5. The first-order valence-electron chi connectivity index (χ1n) is 9.55. The molecule has 0 saturated carbocycles. The van der Waals surface area contributed by atoms with Crippen molar-refractivity contribution in [2.24, 2.45) is 0 Å². The average molecular weight is 449 g/mol. The van der Waals surface area contributed by atoms with Crippen LogP contribution in [0.5, 0.6) is 0 Å². The van der Waals surface area contributed by atoms with Crippen molar-refractivity contribution >= 4 is 61.2 Å². The summed E-state index contributed by atoms with van der Waals surface area (Å²) in [5.41, 5.74) is 1.49. The number of fused-ring (bicyclic) bond motifs is 2. The second kappa shape index (κ2) is 8.44. The lowest BCUT2D eigenvalue weighted by atomic mass is 10.0. The van der Waals surface area contributed by atoms with Crippen LogP contribution in [0.3, 0.4) is 0 Å². The van der Waals surface area contributed by atoms with Crippen molar-refractivity contribution in [2.75, 3.05) is 25.0 Å². The first kappa shape index (κ1) is 20.3. The minimum Gasteiger partial charge on any atom is -0.462 e. The molecule has 0 radical (unpaired) electrons. The van der Waals surface area contributed by atoms with Crippen LogP contribution in [0.1, 0.15) is 44.3 Å². The number of amides is 1. The smallest absolute Gasteiger partial charge is 0.341 e. The number of hydrogen-bond acceptors (Lipinski definition) is 6. The van der Waals surface area contributed by atoms with Crippen molar-refractivity contribution in [2.45, 2.75) is 26.8 Å². The molecule has 29 heavy (non-hydrogen) atoms. The van der Waals surface area contributed by atoms with E-state index in [1.54, 1.807) is 6.92 Å². The van der Waals surface area contributed by atoms with Gasteiger partial charge in [-0.1, -0.05) is 36.7 Å². The monoisotopic (exact) mass is 448 g/mol. The van der Waals surface area contributed by atoms with Crippen LogP contribution < -0.4 is 5.32 Å². The number of benzene rings is 1. The molecule has 1 aliphatic rings. The Balaban J connectivity index is 1.70. The summed E-state index contributed by atoms with van der Waals surface area (Å²) < 4.78 is 6.24. The summed E-state index contributed by atoms with van der Waals surface area (Å²) >= 11 is 9.27. The van der Waals surface area contributed by atoms with Crippen LogP contribution in [0.25, 0.3) is 10.1 Å². The molecule has 1 aromatic carbocycles. The highest BCUT2D eigenvalue weighted by Gasteiger charge is 2.30. The second-order valence-corrected chi connectivity index (χ2v) is 9.28. The highest BCUT2D eigenvalue weighted by atomic mass is 35.5. The summed E-state index contributed by atoms with van der Waals surface area (Å²) in [6, 6.07) is 7.66. The molecule has 2 aromatic heterocycles. The van der Waals surface area contributed by atoms with Crippen LogP contribution in [-0.2, 0) is 17.7 Å². The van der Waals surface area contributed by atoms with Gasteiger partial charge in [-0.2, -0.15) is 0 Å². The minimum absolute atomic E-state index is 0.292. The number of carbonyl (C=O) groups excluding carboxylic acids is 2. The summed E-state index contributed by atoms with van der Waals surface area (Å²) in [4.78, 5) is 29.6. The van der Waals surface area contributed by atoms with Gasteiger partial charge in [-0.05, 0) is 31.5 Å². The number of thiophene rings is 2. The molecule has 0 saturated heterocycles. The molecule has 0 spiro atoms. The summed E-state index contributed by atoms with van der Waals surface area (Å²) in [5, 5.41) is 4.79. The number of likely N-dealkylation sites (N-methyl/N-ethyl adjacent to an activating group) is 1. The summed E-state index contributed by atoms with van der Waals surface area (Å²) in [5.74, 6) is -0.680. The lowest BCUT2D eigenvalue weighted by Gasteiger charge is -2.25. The Morgan fingerprint density at radius 3 is 2.76 bits per heavy atom. The van der Waals surface area contributed by atoms with Crippen molar-refractivity contribution in [1.29, 1.82) is 0 Å². The van der Waals surface area contributed by atoms with E-state index in [4.69, 9.17) is 16.3 Å². The third-order valence-electron chi connectivity index (χ3n) is 5.03. The van der Waals surface area contributed by atoms with Gasteiger partial charge in [0.05, 0.1) is 17.2 Å². The molecular formula is C21H21ClN2O3S2. The highest BCUT2D eigenvalue weighted by Crippen LogP contribution is 2.40. The Hall–Kier alpha value is -1.93. The normalized spacial score (nSPS) is 14.0.